The first-order chi connectivity index (χ1) is 15.3. The quantitative estimate of drug-likeness (QED) is 0.724. The van der Waals surface area contributed by atoms with Crippen LogP contribution in [0.1, 0.15) is 19.4 Å². The highest BCUT2D eigenvalue weighted by Gasteiger charge is 2.56. The Morgan fingerprint density at radius 2 is 1.81 bits per heavy atom. The fourth-order valence-electron chi connectivity index (χ4n) is 4.56. The van der Waals surface area contributed by atoms with E-state index >= 15 is 0 Å². The minimum Gasteiger partial charge on any atom is -0.397 e. The molecular formula is C23H23ClN6O2. The van der Waals surface area contributed by atoms with Crippen LogP contribution in [0.25, 0.3) is 0 Å². The Labute approximate surface area is 191 Å². The standard InChI is InChI=1S/C23H23ClN6O2/c1-13-14(2)30-19-20(26-22(30)29(13)18-10-5-4-9-17(18)25)27(3)23(32)28(21(19)31)12-15-7-6-8-16(24)11-15/h4-11,19-20H,12,25H2,1-3H3. The first-order valence-corrected chi connectivity index (χ1v) is 10.7. The highest BCUT2D eigenvalue weighted by molar-refractivity contribution is 6.30. The summed E-state index contributed by atoms with van der Waals surface area (Å²) >= 11 is 6.10. The van der Waals surface area contributed by atoms with Crippen molar-refractivity contribution >= 4 is 40.9 Å². The van der Waals surface area contributed by atoms with Gasteiger partial charge in [-0.1, -0.05) is 35.9 Å². The molecule has 1 fully saturated rings. The van der Waals surface area contributed by atoms with Crippen molar-refractivity contribution in [1.29, 1.82) is 0 Å². The number of nitrogen functional groups attached to an aromatic ring is 1. The molecule has 0 saturated carbocycles. The Kier molecular flexibility index (Phi) is 4.63. The number of nitrogens with two attached hydrogens (primary N) is 1. The molecule has 0 spiro atoms. The normalized spacial score (nSPS) is 22.6. The molecule has 0 radical (unpaired) electrons. The number of carbonyl (C=O) groups excluding carboxylic acids is 2. The number of aliphatic imine (C=N–C) groups is 1. The number of anilines is 2. The van der Waals surface area contributed by atoms with Crippen LogP contribution in [0, 0.1) is 0 Å². The number of hydrogen-bond acceptors (Lipinski definition) is 6. The third-order valence-electron chi connectivity index (χ3n) is 6.30. The van der Waals surface area contributed by atoms with Gasteiger partial charge in [-0.3, -0.25) is 19.5 Å². The number of allylic oxidation sites excluding steroid dienone is 2. The summed E-state index contributed by atoms with van der Waals surface area (Å²) in [7, 11) is 1.68. The predicted octanol–water partition coefficient (Wildman–Crippen LogP) is 3.45. The first kappa shape index (κ1) is 20.4. The topological polar surface area (TPSA) is 85.5 Å². The van der Waals surface area contributed by atoms with Gasteiger partial charge in [-0.2, -0.15) is 0 Å². The number of likely N-dealkylation sites (N-methyl/N-ethyl adjacent to an activating group) is 1. The molecule has 3 aliphatic rings. The number of carbonyl (C=O) groups is 2. The molecule has 2 unspecified atom stereocenters. The fourth-order valence-corrected chi connectivity index (χ4v) is 4.77. The second kappa shape index (κ2) is 7.27. The molecule has 3 heterocycles. The van der Waals surface area contributed by atoms with Gasteiger partial charge in [-0.15, -0.1) is 0 Å². The van der Waals surface area contributed by atoms with E-state index in [1.807, 2.05) is 54.0 Å². The first-order valence-electron chi connectivity index (χ1n) is 10.3. The minimum atomic E-state index is -0.642. The van der Waals surface area contributed by atoms with E-state index in [0.717, 1.165) is 22.6 Å². The van der Waals surface area contributed by atoms with Gasteiger partial charge in [0.25, 0.3) is 5.91 Å². The largest absolute Gasteiger partial charge is 0.397 e. The predicted molar refractivity (Wildman–Crippen MR) is 124 cm³/mol. The van der Waals surface area contributed by atoms with E-state index in [1.165, 1.54) is 9.80 Å². The van der Waals surface area contributed by atoms with Crippen molar-refractivity contribution in [3.05, 3.63) is 70.5 Å². The summed E-state index contributed by atoms with van der Waals surface area (Å²) in [6.07, 6.45) is -0.615. The van der Waals surface area contributed by atoms with E-state index in [1.54, 1.807) is 25.2 Å². The SMILES string of the molecule is CC1=C(C)N2C(=NC3C2C(=O)N(Cc2cccc(Cl)c2)C(=O)N3C)N1c1ccccc1N. The number of hydrogen-bond donors (Lipinski definition) is 1. The molecule has 164 valence electrons. The number of fused-ring (bicyclic) bond motifs is 3. The lowest BCUT2D eigenvalue weighted by molar-refractivity contribution is -0.137. The maximum atomic E-state index is 13.6. The summed E-state index contributed by atoms with van der Waals surface area (Å²) in [5, 5.41) is 0.558. The zero-order chi connectivity index (χ0) is 22.7. The summed E-state index contributed by atoms with van der Waals surface area (Å²) in [4.78, 5) is 38.2. The molecule has 8 nitrogen and oxygen atoms in total. The maximum absolute atomic E-state index is 13.6. The van der Waals surface area contributed by atoms with Gasteiger partial charge >= 0.3 is 6.03 Å². The van der Waals surface area contributed by atoms with Gasteiger partial charge in [0, 0.05) is 23.5 Å². The third-order valence-corrected chi connectivity index (χ3v) is 6.54. The molecular weight excluding hydrogens is 428 g/mol. The summed E-state index contributed by atoms with van der Waals surface area (Å²) in [6, 6.07) is 13.7. The van der Waals surface area contributed by atoms with Crippen molar-refractivity contribution in [2.24, 2.45) is 4.99 Å². The molecule has 0 bridgehead atoms. The number of halogens is 1. The number of imide groups is 1. The highest BCUT2D eigenvalue weighted by Crippen LogP contribution is 2.41. The van der Waals surface area contributed by atoms with Crippen molar-refractivity contribution in [3.63, 3.8) is 0 Å². The smallest absolute Gasteiger partial charge is 0.328 e. The molecule has 32 heavy (non-hydrogen) atoms. The Morgan fingerprint density at radius 3 is 2.53 bits per heavy atom. The van der Waals surface area contributed by atoms with Gasteiger partial charge in [0.05, 0.1) is 17.9 Å². The molecule has 1 saturated heterocycles. The van der Waals surface area contributed by atoms with Crippen LogP contribution in [0.5, 0.6) is 0 Å². The van der Waals surface area contributed by atoms with Crippen LogP contribution in [-0.2, 0) is 11.3 Å². The molecule has 9 heteroatoms. The average Bonchev–Trinajstić information content (AvgIpc) is 3.26. The molecule has 5 rings (SSSR count). The van der Waals surface area contributed by atoms with Crippen molar-refractivity contribution < 1.29 is 9.59 Å². The zero-order valence-corrected chi connectivity index (χ0v) is 18.7. The number of para-hydroxylation sites is 2. The third kappa shape index (κ3) is 2.86. The second-order valence-electron chi connectivity index (χ2n) is 8.17. The Balaban J connectivity index is 1.53. The summed E-state index contributed by atoms with van der Waals surface area (Å²) < 4.78 is 0. The van der Waals surface area contributed by atoms with Crippen molar-refractivity contribution in [1.82, 2.24) is 14.7 Å². The number of guanidine groups is 1. The average molecular weight is 451 g/mol. The van der Waals surface area contributed by atoms with Gasteiger partial charge in [0.2, 0.25) is 5.96 Å². The molecule has 0 aromatic heterocycles. The number of urea groups is 1. The van der Waals surface area contributed by atoms with Crippen LogP contribution in [0.3, 0.4) is 0 Å². The summed E-state index contributed by atoms with van der Waals surface area (Å²) in [5.41, 5.74) is 10.3. The lowest BCUT2D eigenvalue weighted by atomic mass is 10.1. The van der Waals surface area contributed by atoms with Crippen LogP contribution in [0.15, 0.2) is 64.9 Å². The lowest BCUT2D eigenvalue weighted by Gasteiger charge is -2.40. The van der Waals surface area contributed by atoms with Gasteiger partial charge in [0.15, 0.2) is 12.2 Å². The molecule has 0 aliphatic carbocycles. The van der Waals surface area contributed by atoms with E-state index in [0.29, 0.717) is 16.7 Å². The number of rotatable bonds is 3. The lowest BCUT2D eigenvalue weighted by Crippen LogP contribution is -2.64. The van der Waals surface area contributed by atoms with Crippen LogP contribution >= 0.6 is 11.6 Å². The van der Waals surface area contributed by atoms with E-state index in [4.69, 9.17) is 22.3 Å². The Hall–Kier alpha value is -3.52. The van der Waals surface area contributed by atoms with Crippen molar-refractivity contribution in [3.8, 4) is 0 Å². The second-order valence-corrected chi connectivity index (χ2v) is 8.61. The Bertz CT molecular complexity index is 1210. The Morgan fingerprint density at radius 1 is 1.06 bits per heavy atom. The molecule has 2 N–H and O–H groups in total. The minimum absolute atomic E-state index is 0.145. The summed E-state index contributed by atoms with van der Waals surface area (Å²) in [6.45, 7) is 4.08. The van der Waals surface area contributed by atoms with Crippen molar-refractivity contribution in [2.75, 3.05) is 17.7 Å². The van der Waals surface area contributed by atoms with E-state index < -0.39 is 12.2 Å². The molecule has 2 aromatic rings. The van der Waals surface area contributed by atoms with Crippen LogP contribution in [-0.4, -0.2) is 51.9 Å². The number of nitrogens with zero attached hydrogens (tertiary/aromatic N) is 5. The van der Waals surface area contributed by atoms with E-state index in [2.05, 4.69) is 0 Å². The zero-order valence-electron chi connectivity index (χ0n) is 18.0. The van der Waals surface area contributed by atoms with Crippen LogP contribution in [0.4, 0.5) is 16.2 Å². The van der Waals surface area contributed by atoms with Crippen LogP contribution in [0.2, 0.25) is 5.02 Å². The number of benzene rings is 2. The number of amides is 3. The van der Waals surface area contributed by atoms with Gasteiger partial charge in [-0.25, -0.2) is 9.79 Å². The van der Waals surface area contributed by atoms with E-state index in [9.17, 15) is 9.59 Å². The maximum Gasteiger partial charge on any atom is 0.328 e. The molecule has 2 aromatic carbocycles. The molecule has 2 atom stereocenters. The van der Waals surface area contributed by atoms with Crippen LogP contribution < -0.4 is 10.6 Å². The molecule has 3 amide bonds. The van der Waals surface area contributed by atoms with Crippen molar-refractivity contribution in [2.45, 2.75) is 32.6 Å². The monoisotopic (exact) mass is 450 g/mol. The van der Waals surface area contributed by atoms with E-state index in [-0.39, 0.29) is 18.5 Å². The summed E-state index contributed by atoms with van der Waals surface area (Å²) in [5.74, 6) is 0.317. The highest BCUT2D eigenvalue weighted by atomic mass is 35.5. The van der Waals surface area contributed by atoms with Gasteiger partial charge in [0.1, 0.15) is 0 Å². The van der Waals surface area contributed by atoms with Gasteiger partial charge < -0.3 is 10.6 Å². The van der Waals surface area contributed by atoms with Gasteiger partial charge in [-0.05, 0) is 43.7 Å². The fraction of sp³-hybridized carbons (Fsp3) is 0.261. The molecule has 3 aliphatic heterocycles.